The zero-order valence-corrected chi connectivity index (χ0v) is 16.6. The first kappa shape index (κ1) is 19.8. The van der Waals surface area contributed by atoms with Crippen LogP contribution in [-0.2, 0) is 17.8 Å². The average Bonchev–Trinajstić information content (AvgIpc) is 3.12. The minimum absolute atomic E-state index is 0.0167. The van der Waals surface area contributed by atoms with Gasteiger partial charge in [-0.3, -0.25) is 14.3 Å². The average molecular weight is 394 g/mol. The molecular weight excluding hydrogens is 370 g/mol. The second-order valence-electron chi connectivity index (χ2n) is 6.23. The van der Waals surface area contributed by atoms with Gasteiger partial charge >= 0.3 is 0 Å². The highest BCUT2D eigenvalue weighted by molar-refractivity contribution is 8.00. The molecule has 1 N–H and O–H groups in total. The molecule has 2 aromatic heterocycles. The molecule has 0 aliphatic rings. The Balaban J connectivity index is 1.63. The highest BCUT2D eigenvalue weighted by Crippen LogP contribution is 2.26. The zero-order valence-electron chi connectivity index (χ0n) is 15.8. The number of rotatable bonds is 9. The van der Waals surface area contributed by atoms with Gasteiger partial charge < -0.3 is 5.32 Å². The maximum atomic E-state index is 12.5. The summed E-state index contributed by atoms with van der Waals surface area (Å²) >= 11 is 1.39. The first-order chi connectivity index (χ1) is 13.7. The van der Waals surface area contributed by atoms with Gasteiger partial charge in [0.2, 0.25) is 5.91 Å². The number of allylic oxidation sites excluding steroid dienone is 1. The summed E-state index contributed by atoms with van der Waals surface area (Å²) in [7, 11) is 0. The van der Waals surface area contributed by atoms with Crippen LogP contribution in [0.25, 0.3) is 11.4 Å². The fourth-order valence-corrected chi connectivity index (χ4v) is 3.59. The minimum atomic E-state index is -0.287. The van der Waals surface area contributed by atoms with Gasteiger partial charge in [0.05, 0.1) is 5.25 Å². The Morgan fingerprint density at radius 2 is 2.07 bits per heavy atom. The molecule has 0 aliphatic carbocycles. The van der Waals surface area contributed by atoms with E-state index < -0.39 is 0 Å². The molecule has 0 saturated heterocycles. The first-order valence-corrected chi connectivity index (χ1v) is 9.99. The van der Waals surface area contributed by atoms with Crippen LogP contribution in [-0.4, -0.2) is 37.5 Å². The van der Waals surface area contributed by atoms with Crippen molar-refractivity contribution in [3.63, 3.8) is 0 Å². The Bertz CT molecular complexity index is 911. The van der Waals surface area contributed by atoms with Gasteiger partial charge in [0, 0.05) is 31.0 Å². The molecule has 0 unspecified atom stereocenters. The molecule has 0 bridgehead atoms. The van der Waals surface area contributed by atoms with Crippen molar-refractivity contribution in [3.8, 4) is 11.4 Å². The Labute approximate surface area is 169 Å². The van der Waals surface area contributed by atoms with E-state index in [1.165, 1.54) is 17.3 Å². The standard InChI is InChI=1S/C21H23N5OS/c1-3-14-26-19(18-10-7-12-22-15-18)24-25-21(26)28-16(2)20(27)23-13-11-17-8-5-4-6-9-17/h3-10,12,15-16H,1,11,13-14H2,2H3,(H,23,27)/t16-/m0/s1. The monoisotopic (exact) mass is 393 g/mol. The number of carbonyl (C=O) groups is 1. The van der Waals surface area contributed by atoms with Crippen molar-refractivity contribution in [2.75, 3.05) is 6.54 Å². The van der Waals surface area contributed by atoms with E-state index in [0.29, 0.717) is 24.1 Å². The predicted molar refractivity (Wildman–Crippen MR) is 112 cm³/mol. The fourth-order valence-electron chi connectivity index (χ4n) is 2.71. The Morgan fingerprint density at radius 3 is 2.79 bits per heavy atom. The molecule has 0 aliphatic heterocycles. The number of carbonyl (C=O) groups excluding carboxylic acids is 1. The van der Waals surface area contributed by atoms with Crippen molar-refractivity contribution in [3.05, 3.63) is 73.1 Å². The normalized spacial score (nSPS) is 11.8. The van der Waals surface area contributed by atoms with E-state index in [1.807, 2.05) is 41.8 Å². The molecule has 3 aromatic rings. The van der Waals surface area contributed by atoms with Crippen LogP contribution in [0.2, 0.25) is 0 Å². The molecular formula is C21H23N5OS. The van der Waals surface area contributed by atoms with Crippen molar-refractivity contribution in [2.45, 2.75) is 30.3 Å². The second-order valence-corrected chi connectivity index (χ2v) is 7.54. The largest absolute Gasteiger partial charge is 0.355 e. The lowest BCUT2D eigenvalue weighted by Gasteiger charge is -2.13. The van der Waals surface area contributed by atoms with E-state index in [-0.39, 0.29) is 11.2 Å². The molecule has 28 heavy (non-hydrogen) atoms. The van der Waals surface area contributed by atoms with Crippen LogP contribution in [0.5, 0.6) is 0 Å². The lowest BCUT2D eigenvalue weighted by molar-refractivity contribution is -0.120. The molecule has 0 spiro atoms. The van der Waals surface area contributed by atoms with Crippen LogP contribution in [0.3, 0.4) is 0 Å². The summed E-state index contributed by atoms with van der Waals surface area (Å²) in [6.07, 6.45) is 6.06. The number of nitrogens with one attached hydrogen (secondary N) is 1. The van der Waals surface area contributed by atoms with Gasteiger partial charge in [-0.05, 0) is 31.0 Å². The minimum Gasteiger partial charge on any atom is -0.355 e. The highest BCUT2D eigenvalue weighted by Gasteiger charge is 2.20. The van der Waals surface area contributed by atoms with Crippen LogP contribution in [0.1, 0.15) is 12.5 Å². The summed E-state index contributed by atoms with van der Waals surface area (Å²) in [4.78, 5) is 16.6. The SMILES string of the molecule is C=CCn1c(S[C@@H](C)C(=O)NCCc2ccccc2)nnc1-c1cccnc1. The Kier molecular flexibility index (Phi) is 6.97. The summed E-state index contributed by atoms with van der Waals surface area (Å²) in [5.41, 5.74) is 2.08. The molecule has 0 radical (unpaired) electrons. The molecule has 6 nitrogen and oxygen atoms in total. The molecule has 144 valence electrons. The van der Waals surface area contributed by atoms with Crippen molar-refractivity contribution < 1.29 is 4.79 Å². The van der Waals surface area contributed by atoms with Gasteiger partial charge in [0.25, 0.3) is 0 Å². The third-order valence-corrected chi connectivity index (χ3v) is 5.24. The number of hydrogen-bond donors (Lipinski definition) is 1. The third kappa shape index (κ3) is 5.07. The van der Waals surface area contributed by atoms with Crippen LogP contribution in [0.4, 0.5) is 0 Å². The predicted octanol–water partition coefficient (Wildman–Crippen LogP) is 3.37. The fraction of sp³-hybridized carbons (Fsp3) is 0.238. The first-order valence-electron chi connectivity index (χ1n) is 9.12. The van der Waals surface area contributed by atoms with E-state index in [0.717, 1.165) is 12.0 Å². The Morgan fingerprint density at radius 1 is 1.25 bits per heavy atom. The van der Waals surface area contributed by atoms with E-state index in [4.69, 9.17) is 0 Å². The van der Waals surface area contributed by atoms with Gasteiger partial charge in [-0.2, -0.15) is 0 Å². The van der Waals surface area contributed by atoms with Gasteiger partial charge in [-0.1, -0.05) is 48.2 Å². The van der Waals surface area contributed by atoms with Gasteiger partial charge in [-0.25, -0.2) is 0 Å². The molecule has 1 atom stereocenters. The number of amides is 1. The number of hydrogen-bond acceptors (Lipinski definition) is 5. The number of nitrogens with zero attached hydrogens (tertiary/aromatic N) is 4. The van der Waals surface area contributed by atoms with Gasteiger partial charge in [0.15, 0.2) is 11.0 Å². The van der Waals surface area contributed by atoms with E-state index >= 15 is 0 Å². The number of aromatic nitrogens is 4. The van der Waals surface area contributed by atoms with E-state index in [2.05, 4.69) is 39.2 Å². The summed E-state index contributed by atoms with van der Waals surface area (Å²) in [6.45, 7) is 6.85. The number of thioether (sulfide) groups is 1. The lowest BCUT2D eigenvalue weighted by atomic mass is 10.1. The number of benzene rings is 1. The highest BCUT2D eigenvalue weighted by atomic mass is 32.2. The lowest BCUT2D eigenvalue weighted by Crippen LogP contribution is -2.32. The topological polar surface area (TPSA) is 72.7 Å². The molecule has 1 amide bonds. The maximum Gasteiger partial charge on any atom is 0.233 e. The smallest absolute Gasteiger partial charge is 0.233 e. The summed E-state index contributed by atoms with van der Waals surface area (Å²) < 4.78 is 1.95. The summed E-state index contributed by atoms with van der Waals surface area (Å²) in [5, 5.41) is 12.0. The van der Waals surface area contributed by atoms with Crippen LogP contribution < -0.4 is 5.32 Å². The molecule has 1 aromatic carbocycles. The number of pyridine rings is 1. The molecule has 0 saturated carbocycles. The van der Waals surface area contributed by atoms with Gasteiger partial charge in [0.1, 0.15) is 0 Å². The molecule has 2 heterocycles. The van der Waals surface area contributed by atoms with Crippen molar-refractivity contribution >= 4 is 17.7 Å². The summed E-state index contributed by atoms with van der Waals surface area (Å²) in [6, 6.07) is 13.9. The summed E-state index contributed by atoms with van der Waals surface area (Å²) in [5.74, 6) is 0.698. The zero-order chi connectivity index (χ0) is 19.8. The van der Waals surface area contributed by atoms with Crippen molar-refractivity contribution in [1.29, 1.82) is 0 Å². The van der Waals surface area contributed by atoms with Crippen molar-refractivity contribution in [2.24, 2.45) is 0 Å². The molecule has 0 fully saturated rings. The van der Waals surface area contributed by atoms with Gasteiger partial charge in [-0.15, -0.1) is 16.8 Å². The molecule has 3 rings (SSSR count). The van der Waals surface area contributed by atoms with Crippen LogP contribution in [0.15, 0.2) is 72.7 Å². The third-order valence-electron chi connectivity index (χ3n) is 4.16. The maximum absolute atomic E-state index is 12.5. The van der Waals surface area contributed by atoms with E-state index in [9.17, 15) is 4.79 Å². The quantitative estimate of drug-likeness (QED) is 0.446. The Hall–Kier alpha value is -2.93. The van der Waals surface area contributed by atoms with E-state index in [1.54, 1.807) is 18.5 Å². The van der Waals surface area contributed by atoms with Crippen molar-refractivity contribution in [1.82, 2.24) is 25.1 Å². The van der Waals surface area contributed by atoms with Crippen LogP contribution in [0, 0.1) is 0 Å². The molecule has 7 heteroatoms. The van der Waals surface area contributed by atoms with Crippen LogP contribution >= 0.6 is 11.8 Å². The second kappa shape index (κ2) is 9.85.